The molecule has 0 bridgehead atoms. The molecule has 0 spiro atoms. The SMILES string of the molecule is [2H]c1c([2H])c([2H])c(-c2nc(-c3cccc4c3oc3ccccc34)nc(-c3cccc4c3oc3cc5ccccc5cc34)n2)c([2H])c1[2H]. The third-order valence-corrected chi connectivity index (χ3v) is 7.61. The molecule has 5 nitrogen and oxygen atoms in total. The molecule has 0 fully saturated rings. The molecule has 0 aliphatic heterocycles. The lowest BCUT2D eigenvalue weighted by Gasteiger charge is -2.09. The first-order chi connectivity index (χ1) is 22.9. The van der Waals surface area contributed by atoms with Gasteiger partial charge in [0.15, 0.2) is 17.5 Å². The molecule has 0 radical (unpaired) electrons. The number of aromatic nitrogens is 3. The fourth-order valence-electron chi connectivity index (χ4n) is 5.67. The smallest absolute Gasteiger partial charge is 0.167 e. The van der Waals surface area contributed by atoms with E-state index in [0.29, 0.717) is 33.5 Å². The summed E-state index contributed by atoms with van der Waals surface area (Å²) >= 11 is 0. The van der Waals surface area contributed by atoms with E-state index in [4.69, 9.17) is 30.6 Å². The highest BCUT2D eigenvalue weighted by molar-refractivity contribution is 6.13. The summed E-state index contributed by atoms with van der Waals surface area (Å²) in [5.41, 5.74) is 3.54. The Morgan fingerprint density at radius 2 is 1.05 bits per heavy atom. The van der Waals surface area contributed by atoms with Crippen molar-refractivity contribution in [3.8, 4) is 34.2 Å². The van der Waals surface area contributed by atoms with Crippen LogP contribution in [0.2, 0.25) is 0 Å². The maximum atomic E-state index is 8.69. The summed E-state index contributed by atoms with van der Waals surface area (Å²) in [6.45, 7) is 0. The van der Waals surface area contributed by atoms with Crippen molar-refractivity contribution < 1.29 is 15.7 Å². The summed E-state index contributed by atoms with van der Waals surface area (Å²) in [7, 11) is 0. The average Bonchev–Trinajstić information content (AvgIpc) is 3.67. The fourth-order valence-corrected chi connectivity index (χ4v) is 5.67. The lowest BCUT2D eigenvalue weighted by Crippen LogP contribution is -2.00. The van der Waals surface area contributed by atoms with Crippen molar-refractivity contribution in [1.29, 1.82) is 0 Å². The van der Waals surface area contributed by atoms with Crippen LogP contribution >= 0.6 is 0 Å². The van der Waals surface area contributed by atoms with Crippen molar-refractivity contribution >= 4 is 54.6 Å². The third kappa shape index (κ3) is 3.47. The molecule has 42 heavy (non-hydrogen) atoms. The van der Waals surface area contributed by atoms with Gasteiger partial charge in [0.05, 0.1) is 18.0 Å². The first-order valence-corrected chi connectivity index (χ1v) is 13.5. The second kappa shape index (κ2) is 8.85. The highest BCUT2D eigenvalue weighted by atomic mass is 16.3. The number of nitrogens with zero attached hydrogens (tertiary/aromatic N) is 3. The van der Waals surface area contributed by atoms with Crippen molar-refractivity contribution in [1.82, 2.24) is 15.0 Å². The fraction of sp³-hybridized carbons (Fsp3) is 0. The van der Waals surface area contributed by atoms with Crippen LogP contribution in [-0.4, -0.2) is 15.0 Å². The quantitative estimate of drug-likeness (QED) is 0.221. The highest BCUT2D eigenvalue weighted by Crippen LogP contribution is 2.39. The molecule has 3 heterocycles. The van der Waals surface area contributed by atoms with E-state index in [9.17, 15) is 0 Å². The van der Waals surface area contributed by atoms with E-state index in [-0.39, 0.29) is 23.0 Å². The number of benzene rings is 6. The van der Waals surface area contributed by atoms with E-state index in [1.54, 1.807) is 0 Å². The summed E-state index contributed by atoms with van der Waals surface area (Å²) in [5, 5.41) is 5.74. The van der Waals surface area contributed by atoms with Crippen LogP contribution < -0.4 is 0 Å². The van der Waals surface area contributed by atoms with Crippen LogP contribution in [0, 0.1) is 0 Å². The predicted molar refractivity (Wildman–Crippen MR) is 168 cm³/mol. The summed E-state index contributed by atoms with van der Waals surface area (Å²) < 4.78 is 54.9. The Hall–Kier alpha value is -5.81. The minimum absolute atomic E-state index is 0.0611. The molecule has 196 valence electrons. The number of furan rings is 2. The number of fused-ring (bicyclic) bond motifs is 7. The Morgan fingerprint density at radius 1 is 0.476 bits per heavy atom. The summed E-state index contributed by atoms with van der Waals surface area (Å²) in [4.78, 5) is 14.4. The second-order valence-electron chi connectivity index (χ2n) is 10.1. The van der Waals surface area contributed by atoms with Gasteiger partial charge in [-0.2, -0.15) is 0 Å². The maximum Gasteiger partial charge on any atom is 0.167 e. The minimum atomic E-state index is -0.496. The largest absolute Gasteiger partial charge is 0.455 e. The van der Waals surface area contributed by atoms with Crippen LogP contribution in [0.1, 0.15) is 6.85 Å². The lowest BCUT2D eigenvalue weighted by atomic mass is 10.0. The van der Waals surface area contributed by atoms with Gasteiger partial charge in [0.25, 0.3) is 0 Å². The number of para-hydroxylation sites is 3. The Kier molecular flexibility index (Phi) is 3.90. The molecule has 0 saturated heterocycles. The first-order valence-electron chi connectivity index (χ1n) is 16.0. The van der Waals surface area contributed by atoms with Gasteiger partial charge in [-0.15, -0.1) is 0 Å². The van der Waals surface area contributed by atoms with Gasteiger partial charge in [-0.1, -0.05) is 96.9 Å². The molecular formula is C37H21N3O2. The maximum absolute atomic E-state index is 8.69. The molecule has 3 aromatic heterocycles. The average molecular weight is 545 g/mol. The molecule has 6 aromatic carbocycles. The molecule has 0 aliphatic carbocycles. The zero-order chi connectivity index (χ0) is 32.0. The van der Waals surface area contributed by atoms with Crippen LogP contribution in [-0.2, 0) is 0 Å². The molecule has 0 amide bonds. The first kappa shape index (κ1) is 18.5. The van der Waals surface area contributed by atoms with Crippen molar-refractivity contribution in [2.24, 2.45) is 0 Å². The van der Waals surface area contributed by atoms with Gasteiger partial charge in [-0.25, -0.2) is 15.0 Å². The molecule has 0 atom stereocenters. The number of rotatable bonds is 3. The van der Waals surface area contributed by atoms with Crippen LogP contribution in [0.4, 0.5) is 0 Å². The monoisotopic (exact) mass is 544 g/mol. The molecule has 5 heteroatoms. The normalized spacial score (nSPS) is 13.5. The molecule has 0 saturated carbocycles. The van der Waals surface area contributed by atoms with Crippen molar-refractivity contribution in [3.05, 3.63) is 127 Å². The number of hydrogen-bond donors (Lipinski definition) is 0. The van der Waals surface area contributed by atoms with Gasteiger partial charge < -0.3 is 8.83 Å². The molecule has 0 aliphatic rings. The summed E-state index contributed by atoms with van der Waals surface area (Å²) in [5.74, 6) is 0.383. The molecule has 9 aromatic rings. The Balaban J connectivity index is 1.36. The van der Waals surface area contributed by atoms with Gasteiger partial charge in [0.1, 0.15) is 22.3 Å². The van der Waals surface area contributed by atoms with Gasteiger partial charge in [-0.3, -0.25) is 0 Å². The van der Waals surface area contributed by atoms with Gasteiger partial charge in [0.2, 0.25) is 0 Å². The molecule has 9 rings (SSSR count). The standard InChI is InChI=1S/C37H21N3O2/c1-2-10-22(11-3-1)35-38-36(28-17-8-15-26-25-14-6-7-19-31(25)41-33(26)28)40-37(39-35)29-18-9-16-27-30-20-23-12-4-5-13-24(23)21-32(30)42-34(27)29/h1-21H/i1D,2D,3D,10D,11D. The van der Waals surface area contributed by atoms with Gasteiger partial charge >= 0.3 is 0 Å². The minimum Gasteiger partial charge on any atom is -0.455 e. The summed E-state index contributed by atoms with van der Waals surface area (Å²) in [6, 6.07) is 29.0. The van der Waals surface area contributed by atoms with E-state index < -0.39 is 30.2 Å². The predicted octanol–water partition coefficient (Wildman–Crippen LogP) is 9.82. The van der Waals surface area contributed by atoms with Crippen molar-refractivity contribution in [2.45, 2.75) is 0 Å². The molecular weight excluding hydrogens is 518 g/mol. The van der Waals surface area contributed by atoms with Gasteiger partial charge in [0, 0.05) is 27.1 Å². The lowest BCUT2D eigenvalue weighted by molar-refractivity contribution is 0.669. The zero-order valence-electron chi connectivity index (χ0n) is 26.9. The summed E-state index contributed by atoms with van der Waals surface area (Å²) in [6.07, 6.45) is 0. The van der Waals surface area contributed by atoms with Crippen LogP contribution in [0.5, 0.6) is 0 Å². The van der Waals surface area contributed by atoms with E-state index in [1.165, 1.54) is 0 Å². The van der Waals surface area contributed by atoms with Crippen LogP contribution in [0.3, 0.4) is 0 Å². The topological polar surface area (TPSA) is 65.0 Å². The molecule has 0 unspecified atom stereocenters. The third-order valence-electron chi connectivity index (χ3n) is 7.61. The van der Waals surface area contributed by atoms with Crippen LogP contribution in [0.15, 0.2) is 136 Å². The Morgan fingerprint density at radius 3 is 1.79 bits per heavy atom. The Bertz CT molecular complexity index is 2740. The van der Waals surface area contributed by atoms with Crippen molar-refractivity contribution in [3.63, 3.8) is 0 Å². The second-order valence-corrected chi connectivity index (χ2v) is 10.1. The highest BCUT2D eigenvalue weighted by Gasteiger charge is 2.20. The van der Waals surface area contributed by atoms with E-state index in [0.717, 1.165) is 32.3 Å². The molecule has 0 N–H and O–H groups in total. The Labute approximate surface area is 246 Å². The van der Waals surface area contributed by atoms with Crippen molar-refractivity contribution in [2.75, 3.05) is 0 Å². The van der Waals surface area contributed by atoms with Crippen LogP contribution in [0.25, 0.3) is 88.8 Å². The van der Waals surface area contributed by atoms with E-state index in [1.807, 2.05) is 84.9 Å². The van der Waals surface area contributed by atoms with E-state index in [2.05, 4.69) is 12.1 Å². The zero-order valence-corrected chi connectivity index (χ0v) is 21.9. The van der Waals surface area contributed by atoms with E-state index >= 15 is 0 Å². The number of hydrogen-bond acceptors (Lipinski definition) is 5. The van der Waals surface area contributed by atoms with Gasteiger partial charge in [-0.05, 0) is 41.1 Å².